The number of hydrogen-bond acceptors (Lipinski definition) is 5. The van der Waals surface area contributed by atoms with Gasteiger partial charge in [0.2, 0.25) is 0 Å². The number of hydrogen-bond donors (Lipinski definition) is 0. The normalized spacial score (nSPS) is 28.8. The van der Waals surface area contributed by atoms with Crippen molar-refractivity contribution >= 4 is 30.9 Å². The molecular weight excluding hydrogens is 669 g/mol. The molecule has 0 aromatic heterocycles. The van der Waals surface area contributed by atoms with E-state index in [1.807, 2.05) is 0 Å². The fourth-order valence-electron chi connectivity index (χ4n) is 8.84. The third kappa shape index (κ3) is 10.4. The lowest BCUT2D eigenvalue weighted by atomic mass is 9.61. The van der Waals surface area contributed by atoms with E-state index in [0.717, 1.165) is 19.3 Å². The van der Waals surface area contributed by atoms with E-state index in [-0.39, 0.29) is 33.7 Å². The molecule has 0 heterocycles. The first-order chi connectivity index (χ1) is 22.7. The summed E-state index contributed by atoms with van der Waals surface area (Å²) < 4.78 is 26.8. The van der Waals surface area contributed by atoms with Crippen LogP contribution in [0.1, 0.15) is 133 Å². The molecule has 0 spiro atoms. The van der Waals surface area contributed by atoms with Gasteiger partial charge in [0.15, 0.2) is 30.6 Å². The molecule has 3 rings (SSSR count). The molecule has 3 aliphatic rings. The van der Waals surface area contributed by atoms with Crippen LogP contribution in [0, 0.1) is 23.2 Å². The maximum atomic E-state index is 13.5. The molecule has 6 atom stereocenters. The Bertz CT molecular complexity index is 1180. The van der Waals surface area contributed by atoms with Gasteiger partial charge in [0, 0.05) is 0 Å². The first-order valence-electron chi connectivity index (χ1n) is 20.3. The molecular formula is C42H80O5Si3. The van der Waals surface area contributed by atoms with Crippen LogP contribution in [0.25, 0.3) is 0 Å². The van der Waals surface area contributed by atoms with Crippen LogP contribution in [0.5, 0.6) is 0 Å². The molecule has 8 heteroatoms. The van der Waals surface area contributed by atoms with Crippen LogP contribution in [-0.2, 0) is 22.8 Å². The van der Waals surface area contributed by atoms with Gasteiger partial charge >= 0.3 is 5.97 Å². The summed E-state index contributed by atoms with van der Waals surface area (Å²) in [5.74, 6) is 1.31. The zero-order chi connectivity index (χ0) is 38.1. The van der Waals surface area contributed by atoms with Crippen molar-refractivity contribution in [2.75, 3.05) is 6.61 Å². The number of allylic oxidation sites excluding steroid dienone is 3. The van der Waals surface area contributed by atoms with Crippen LogP contribution < -0.4 is 0 Å². The Balaban J connectivity index is 1.80. The van der Waals surface area contributed by atoms with Gasteiger partial charge in [-0.05, 0) is 143 Å². The van der Waals surface area contributed by atoms with Crippen molar-refractivity contribution < 1.29 is 22.8 Å². The second-order valence-electron chi connectivity index (χ2n) is 20.8. The SMILES string of the molecule is CCC(CC)(O[Si](C)(C)C)C(=O)OC[C@@H](C)[C@H]1CCC2/C(=C/C=C3C[C@@H](O[Si](C)(C)C(C)(C)C)C[C@H](O[Si](C)(C)C(C)(C)C)C3)CCC[C@@]21C. The molecule has 5 nitrogen and oxygen atoms in total. The average molecular weight is 749 g/mol. The van der Waals surface area contributed by atoms with Gasteiger partial charge in [-0.2, -0.15) is 0 Å². The number of carbonyl (C=O) groups is 1. The first-order valence-corrected chi connectivity index (χ1v) is 29.5. The van der Waals surface area contributed by atoms with Gasteiger partial charge in [-0.15, -0.1) is 0 Å². The summed E-state index contributed by atoms with van der Waals surface area (Å²) in [7, 11) is -5.73. The van der Waals surface area contributed by atoms with Crippen LogP contribution >= 0.6 is 0 Å². The molecule has 3 fully saturated rings. The molecule has 290 valence electrons. The van der Waals surface area contributed by atoms with E-state index in [1.54, 1.807) is 5.57 Å². The van der Waals surface area contributed by atoms with Crippen LogP contribution in [-0.4, -0.2) is 55.3 Å². The van der Waals surface area contributed by atoms with Crippen molar-refractivity contribution in [3.63, 3.8) is 0 Å². The van der Waals surface area contributed by atoms with Crippen molar-refractivity contribution in [2.45, 2.75) is 207 Å². The molecule has 1 unspecified atom stereocenters. The maximum Gasteiger partial charge on any atom is 0.337 e. The molecule has 0 saturated heterocycles. The minimum atomic E-state index is -1.91. The number of rotatable bonds is 13. The predicted molar refractivity (Wildman–Crippen MR) is 220 cm³/mol. The van der Waals surface area contributed by atoms with Crippen LogP contribution in [0.2, 0.25) is 55.9 Å². The lowest BCUT2D eigenvalue weighted by Crippen LogP contribution is -2.49. The molecule has 0 aromatic rings. The minimum absolute atomic E-state index is 0.161. The third-order valence-electron chi connectivity index (χ3n) is 13.8. The van der Waals surface area contributed by atoms with Crippen LogP contribution in [0.4, 0.5) is 0 Å². The number of esters is 1. The highest BCUT2D eigenvalue weighted by Gasteiger charge is 2.51. The zero-order valence-electron chi connectivity index (χ0n) is 35.9. The Kier molecular flexibility index (Phi) is 14.1. The fraction of sp³-hybridized carbons (Fsp3) is 0.881. The highest BCUT2D eigenvalue weighted by atomic mass is 28.4. The van der Waals surface area contributed by atoms with E-state index in [0.29, 0.717) is 37.2 Å². The van der Waals surface area contributed by atoms with E-state index in [2.05, 4.69) is 127 Å². The number of carbonyl (C=O) groups excluding carboxylic acids is 1. The van der Waals surface area contributed by atoms with Crippen molar-refractivity contribution in [1.82, 2.24) is 0 Å². The van der Waals surface area contributed by atoms with E-state index < -0.39 is 30.6 Å². The highest BCUT2D eigenvalue weighted by molar-refractivity contribution is 6.74. The van der Waals surface area contributed by atoms with Crippen molar-refractivity contribution in [2.24, 2.45) is 23.2 Å². The minimum Gasteiger partial charge on any atom is -0.463 e. The van der Waals surface area contributed by atoms with Gasteiger partial charge in [0.05, 0.1) is 18.8 Å². The number of ether oxygens (including phenoxy) is 1. The molecule has 0 aliphatic heterocycles. The summed E-state index contributed by atoms with van der Waals surface area (Å²) >= 11 is 0. The molecule has 3 saturated carbocycles. The van der Waals surface area contributed by atoms with Crippen molar-refractivity contribution in [3.05, 3.63) is 23.3 Å². The smallest absolute Gasteiger partial charge is 0.337 e. The van der Waals surface area contributed by atoms with E-state index in [1.165, 1.54) is 37.7 Å². The van der Waals surface area contributed by atoms with Crippen molar-refractivity contribution in [3.8, 4) is 0 Å². The molecule has 0 aromatic carbocycles. The molecule has 0 N–H and O–H groups in total. The Hall–Kier alpha value is -0.519. The van der Waals surface area contributed by atoms with Gasteiger partial charge < -0.3 is 18.0 Å². The fourth-order valence-corrected chi connectivity index (χ4v) is 13.1. The Morgan fingerprint density at radius 1 is 0.860 bits per heavy atom. The summed E-state index contributed by atoms with van der Waals surface area (Å²) in [6.45, 7) is 39.6. The average Bonchev–Trinajstić information content (AvgIpc) is 3.32. The van der Waals surface area contributed by atoms with Crippen LogP contribution in [0.15, 0.2) is 23.3 Å². The largest absolute Gasteiger partial charge is 0.463 e. The standard InChI is InChI=1S/C42H80O5Si3/c1-18-42(19-2,47-48(11,12)13)38(43)44-30-31(3)36-24-25-37-33(21-20-26-41(36,37)10)23-22-32-27-34(45-49(14,15)39(4,5)6)29-35(28-32)46-50(16,17)40(7,8)9/h22-23,31,34-37H,18-21,24-30H2,1-17H3/b33-23+/t31-,34-,35-,36-,37?,41-/m1/s1. The Morgan fingerprint density at radius 2 is 1.38 bits per heavy atom. The lowest BCUT2D eigenvalue weighted by molar-refractivity contribution is -0.166. The summed E-state index contributed by atoms with van der Waals surface area (Å²) in [6.07, 6.45) is 15.9. The van der Waals surface area contributed by atoms with E-state index in [9.17, 15) is 4.79 Å². The first kappa shape index (κ1) is 43.9. The molecule has 50 heavy (non-hydrogen) atoms. The lowest BCUT2D eigenvalue weighted by Gasteiger charge is -2.45. The van der Waals surface area contributed by atoms with Crippen LogP contribution in [0.3, 0.4) is 0 Å². The third-order valence-corrected chi connectivity index (χ3v) is 23.9. The summed E-state index contributed by atoms with van der Waals surface area (Å²) in [5, 5.41) is 0.369. The quantitative estimate of drug-likeness (QED) is 0.139. The molecule has 0 bridgehead atoms. The topological polar surface area (TPSA) is 54.0 Å². The van der Waals surface area contributed by atoms with Gasteiger partial charge in [-0.25, -0.2) is 4.79 Å². The second-order valence-corrected chi connectivity index (χ2v) is 34.7. The summed E-state index contributed by atoms with van der Waals surface area (Å²) in [4.78, 5) is 13.5. The highest BCUT2D eigenvalue weighted by Crippen LogP contribution is 2.59. The second kappa shape index (κ2) is 16.1. The number of fused-ring (bicyclic) bond motifs is 1. The molecule has 3 aliphatic carbocycles. The van der Waals surface area contributed by atoms with Gasteiger partial charge in [-0.1, -0.05) is 92.5 Å². The summed E-state index contributed by atoms with van der Waals surface area (Å²) in [5.41, 5.74) is 2.55. The van der Waals surface area contributed by atoms with Gasteiger partial charge in [0.25, 0.3) is 0 Å². The molecule has 0 amide bonds. The monoisotopic (exact) mass is 749 g/mol. The Labute approximate surface area is 312 Å². The van der Waals surface area contributed by atoms with Crippen molar-refractivity contribution in [1.29, 1.82) is 0 Å². The molecule has 0 radical (unpaired) electrons. The van der Waals surface area contributed by atoms with E-state index >= 15 is 0 Å². The van der Waals surface area contributed by atoms with E-state index in [4.69, 9.17) is 18.0 Å². The summed E-state index contributed by atoms with van der Waals surface area (Å²) in [6, 6.07) is 0. The maximum absolute atomic E-state index is 13.5. The van der Waals surface area contributed by atoms with Gasteiger partial charge in [0.1, 0.15) is 0 Å². The van der Waals surface area contributed by atoms with Gasteiger partial charge in [-0.3, -0.25) is 0 Å². The zero-order valence-corrected chi connectivity index (χ0v) is 38.9. The predicted octanol–water partition coefficient (Wildman–Crippen LogP) is 12.6. The Morgan fingerprint density at radius 3 is 1.84 bits per heavy atom.